The van der Waals surface area contributed by atoms with Crippen molar-refractivity contribution in [1.29, 1.82) is 0 Å². The highest BCUT2D eigenvalue weighted by Crippen LogP contribution is 2.31. The Morgan fingerprint density at radius 2 is 2.13 bits per heavy atom. The lowest BCUT2D eigenvalue weighted by Crippen LogP contribution is -2.12. The lowest BCUT2D eigenvalue weighted by atomic mass is 9.94. The highest BCUT2D eigenvalue weighted by molar-refractivity contribution is 5.88. The minimum atomic E-state index is 0.861. The van der Waals surface area contributed by atoms with Crippen molar-refractivity contribution < 1.29 is 0 Å². The molecule has 2 rings (SSSR count). The van der Waals surface area contributed by atoms with E-state index in [9.17, 15) is 0 Å². The van der Waals surface area contributed by atoms with E-state index in [2.05, 4.69) is 48.3 Å². The fraction of sp³-hybridized carbons (Fsp3) is 0.143. The first-order valence-electron chi connectivity index (χ1n) is 5.18. The summed E-state index contributed by atoms with van der Waals surface area (Å²) in [7, 11) is 0. The summed E-state index contributed by atoms with van der Waals surface area (Å²) in [5.74, 6) is 0. The molecule has 0 saturated carbocycles. The quantitative estimate of drug-likeness (QED) is 0.763. The van der Waals surface area contributed by atoms with Gasteiger partial charge in [0.25, 0.3) is 0 Å². The molecule has 1 heteroatoms. The van der Waals surface area contributed by atoms with E-state index in [4.69, 9.17) is 0 Å². The molecule has 0 fully saturated rings. The lowest BCUT2D eigenvalue weighted by molar-refractivity contribution is 1.23. The Balaban J connectivity index is 2.60. The van der Waals surface area contributed by atoms with E-state index >= 15 is 0 Å². The average Bonchev–Trinajstić information content (AvgIpc) is 2.30. The standard InChI is InChI=1S/C14H15N/c1-3-7-12-11(4-2)10-15-14-9-6-5-8-13(12)14/h3-9,15H,2,10H2,1H3/b7-3-. The van der Waals surface area contributed by atoms with Crippen molar-refractivity contribution in [3.63, 3.8) is 0 Å². The monoisotopic (exact) mass is 197 g/mol. The van der Waals surface area contributed by atoms with Gasteiger partial charge in [0.15, 0.2) is 0 Å². The molecule has 15 heavy (non-hydrogen) atoms. The number of hydrogen-bond donors (Lipinski definition) is 1. The third-order valence-corrected chi connectivity index (χ3v) is 2.61. The molecule has 1 aromatic rings. The maximum atomic E-state index is 3.86. The van der Waals surface area contributed by atoms with E-state index in [1.54, 1.807) is 0 Å². The minimum absolute atomic E-state index is 0.861. The molecule has 0 saturated heterocycles. The van der Waals surface area contributed by atoms with Crippen molar-refractivity contribution in [3.05, 3.63) is 60.2 Å². The first kappa shape index (κ1) is 9.78. The SMILES string of the molecule is C=CC1=C(/C=C\C)c2ccccc2NC1. The van der Waals surface area contributed by atoms with Gasteiger partial charge in [0.2, 0.25) is 0 Å². The molecule has 0 aromatic heterocycles. The fourth-order valence-electron chi connectivity index (χ4n) is 1.88. The molecule has 0 atom stereocenters. The number of allylic oxidation sites excluding steroid dienone is 3. The van der Waals surface area contributed by atoms with Gasteiger partial charge in [-0.2, -0.15) is 0 Å². The highest BCUT2D eigenvalue weighted by atomic mass is 14.9. The van der Waals surface area contributed by atoms with Crippen LogP contribution in [0.1, 0.15) is 12.5 Å². The summed E-state index contributed by atoms with van der Waals surface area (Å²) in [6.07, 6.45) is 6.15. The summed E-state index contributed by atoms with van der Waals surface area (Å²) in [6, 6.07) is 8.37. The topological polar surface area (TPSA) is 12.0 Å². The molecule has 0 radical (unpaired) electrons. The Bertz CT molecular complexity index is 438. The second kappa shape index (κ2) is 4.18. The maximum Gasteiger partial charge on any atom is 0.0422 e. The number of anilines is 1. The van der Waals surface area contributed by atoms with E-state index in [-0.39, 0.29) is 0 Å². The summed E-state index contributed by atoms with van der Waals surface area (Å²) in [4.78, 5) is 0. The minimum Gasteiger partial charge on any atom is -0.380 e. The summed E-state index contributed by atoms with van der Waals surface area (Å²) >= 11 is 0. The lowest BCUT2D eigenvalue weighted by Gasteiger charge is -2.21. The second-order valence-corrected chi connectivity index (χ2v) is 3.54. The van der Waals surface area contributed by atoms with Crippen LogP contribution in [-0.2, 0) is 0 Å². The summed E-state index contributed by atoms with van der Waals surface area (Å²) in [5, 5.41) is 3.39. The first-order valence-corrected chi connectivity index (χ1v) is 5.18. The van der Waals surface area contributed by atoms with E-state index in [1.807, 2.05) is 13.0 Å². The van der Waals surface area contributed by atoms with Gasteiger partial charge in [-0.05, 0) is 24.1 Å². The molecule has 1 N–H and O–H groups in total. The van der Waals surface area contributed by atoms with Crippen LogP contribution >= 0.6 is 0 Å². The largest absolute Gasteiger partial charge is 0.380 e. The van der Waals surface area contributed by atoms with Crippen molar-refractivity contribution in [3.8, 4) is 0 Å². The molecule has 1 aliphatic heterocycles. The van der Waals surface area contributed by atoms with Gasteiger partial charge in [-0.1, -0.05) is 43.0 Å². The third-order valence-electron chi connectivity index (χ3n) is 2.61. The average molecular weight is 197 g/mol. The van der Waals surface area contributed by atoms with Gasteiger partial charge in [-0.3, -0.25) is 0 Å². The Hall–Kier alpha value is -1.76. The van der Waals surface area contributed by atoms with Crippen molar-refractivity contribution in [1.82, 2.24) is 0 Å². The van der Waals surface area contributed by atoms with Gasteiger partial charge in [0.1, 0.15) is 0 Å². The van der Waals surface area contributed by atoms with E-state index in [1.165, 1.54) is 22.4 Å². The van der Waals surface area contributed by atoms with Crippen molar-refractivity contribution in [2.24, 2.45) is 0 Å². The van der Waals surface area contributed by atoms with E-state index in [0.29, 0.717) is 0 Å². The smallest absolute Gasteiger partial charge is 0.0422 e. The van der Waals surface area contributed by atoms with Crippen LogP contribution in [0.25, 0.3) is 5.57 Å². The molecule has 76 valence electrons. The second-order valence-electron chi connectivity index (χ2n) is 3.54. The Labute approximate surface area is 90.8 Å². The summed E-state index contributed by atoms with van der Waals surface area (Å²) < 4.78 is 0. The number of nitrogens with one attached hydrogen (secondary N) is 1. The molecule has 0 spiro atoms. The van der Waals surface area contributed by atoms with Gasteiger partial charge in [0.05, 0.1) is 0 Å². The fourth-order valence-corrected chi connectivity index (χ4v) is 1.88. The van der Waals surface area contributed by atoms with Gasteiger partial charge in [0, 0.05) is 17.8 Å². The molecule has 0 aliphatic carbocycles. The molecule has 1 aromatic carbocycles. The maximum absolute atomic E-state index is 3.86. The van der Waals surface area contributed by atoms with E-state index in [0.717, 1.165) is 6.54 Å². The normalized spacial score (nSPS) is 15.0. The molecule has 1 nitrogen and oxygen atoms in total. The molecular weight excluding hydrogens is 182 g/mol. The van der Waals surface area contributed by atoms with Gasteiger partial charge >= 0.3 is 0 Å². The van der Waals surface area contributed by atoms with Crippen molar-refractivity contribution in [2.45, 2.75) is 6.92 Å². The predicted octanol–water partition coefficient (Wildman–Crippen LogP) is 3.63. The Morgan fingerprint density at radius 3 is 2.87 bits per heavy atom. The van der Waals surface area contributed by atoms with E-state index < -0.39 is 0 Å². The zero-order chi connectivity index (χ0) is 10.7. The van der Waals surface area contributed by atoms with Gasteiger partial charge < -0.3 is 5.32 Å². The van der Waals surface area contributed by atoms with Crippen LogP contribution in [0.4, 0.5) is 5.69 Å². The third kappa shape index (κ3) is 1.73. The number of fused-ring (bicyclic) bond motifs is 1. The molecular formula is C14H15N. The van der Waals surface area contributed by atoms with Crippen molar-refractivity contribution >= 4 is 11.3 Å². The molecule has 1 aliphatic rings. The van der Waals surface area contributed by atoms with Crippen LogP contribution in [0.2, 0.25) is 0 Å². The number of hydrogen-bond acceptors (Lipinski definition) is 1. The highest BCUT2D eigenvalue weighted by Gasteiger charge is 2.13. The van der Waals surface area contributed by atoms with Gasteiger partial charge in [-0.25, -0.2) is 0 Å². The van der Waals surface area contributed by atoms with Crippen molar-refractivity contribution in [2.75, 3.05) is 11.9 Å². The number of benzene rings is 1. The Kier molecular flexibility index (Phi) is 2.72. The number of rotatable bonds is 2. The summed E-state index contributed by atoms with van der Waals surface area (Å²) in [6.45, 7) is 6.76. The van der Waals surface area contributed by atoms with Crippen LogP contribution < -0.4 is 5.32 Å². The molecule has 0 bridgehead atoms. The van der Waals surface area contributed by atoms with Crippen LogP contribution in [-0.4, -0.2) is 6.54 Å². The zero-order valence-corrected chi connectivity index (χ0v) is 8.96. The first-order chi connectivity index (χ1) is 7.36. The molecule has 1 heterocycles. The summed E-state index contributed by atoms with van der Waals surface area (Å²) in [5.41, 5.74) is 5.00. The Morgan fingerprint density at radius 1 is 1.33 bits per heavy atom. The van der Waals surface area contributed by atoms with Crippen LogP contribution in [0.15, 0.2) is 54.6 Å². The molecule has 0 unspecified atom stereocenters. The van der Waals surface area contributed by atoms with Gasteiger partial charge in [-0.15, -0.1) is 0 Å². The molecule has 0 amide bonds. The predicted molar refractivity (Wildman–Crippen MR) is 66.9 cm³/mol. The zero-order valence-electron chi connectivity index (χ0n) is 8.96. The van der Waals surface area contributed by atoms with Crippen LogP contribution in [0.5, 0.6) is 0 Å². The van der Waals surface area contributed by atoms with Crippen LogP contribution in [0, 0.1) is 0 Å². The number of para-hydroxylation sites is 1. The van der Waals surface area contributed by atoms with Crippen LogP contribution in [0.3, 0.4) is 0 Å².